The molecule has 8 nitrogen and oxygen atoms in total. The second-order valence-electron chi connectivity index (χ2n) is 7.94. The molecule has 1 saturated carbocycles. The minimum atomic E-state index is -0.449. The van der Waals surface area contributed by atoms with E-state index in [9.17, 15) is 4.79 Å². The highest BCUT2D eigenvalue weighted by molar-refractivity contribution is 5.99. The molecular formula is C19H25N5O3. The number of fused-ring (bicyclic) bond motifs is 1. The van der Waals surface area contributed by atoms with Gasteiger partial charge in [0.25, 0.3) is 5.91 Å². The standard InChI is InChI=1S/C19H25N5O3/c25-18(16-10-21-24-5-1-4-20-17(16)24)23-7-9-27-19(13-23)12-22(6-8-26-14-19)11-15-2-3-15/h1,4-5,10,15H,2-3,6-9,11-14H2/t19-/m1/s1. The normalized spacial score (nSPS) is 27.2. The minimum Gasteiger partial charge on any atom is -0.377 e. The summed E-state index contributed by atoms with van der Waals surface area (Å²) in [6, 6.07) is 1.80. The zero-order valence-corrected chi connectivity index (χ0v) is 15.4. The Kier molecular flexibility index (Phi) is 4.34. The monoisotopic (exact) mass is 371 g/mol. The van der Waals surface area contributed by atoms with Crippen LogP contribution >= 0.6 is 0 Å². The van der Waals surface area contributed by atoms with Crippen LogP contribution in [0.15, 0.2) is 24.7 Å². The molecule has 1 spiro atoms. The van der Waals surface area contributed by atoms with Crippen molar-refractivity contribution in [3.05, 3.63) is 30.2 Å². The smallest absolute Gasteiger partial charge is 0.259 e. The van der Waals surface area contributed by atoms with Crippen LogP contribution in [-0.2, 0) is 9.47 Å². The first-order chi connectivity index (χ1) is 13.2. The van der Waals surface area contributed by atoms with Crippen LogP contribution in [0.1, 0.15) is 23.2 Å². The third kappa shape index (κ3) is 3.44. The molecule has 1 amide bonds. The molecule has 3 aliphatic rings. The number of carbonyl (C=O) groups is 1. The number of hydrogen-bond donors (Lipinski definition) is 0. The number of nitrogens with zero attached hydrogens (tertiary/aromatic N) is 5. The summed E-state index contributed by atoms with van der Waals surface area (Å²) in [6.45, 7) is 5.77. The highest BCUT2D eigenvalue weighted by atomic mass is 16.5. The van der Waals surface area contributed by atoms with Gasteiger partial charge in [-0.15, -0.1) is 0 Å². The molecule has 0 bridgehead atoms. The van der Waals surface area contributed by atoms with Crippen molar-refractivity contribution >= 4 is 11.6 Å². The number of rotatable bonds is 3. The summed E-state index contributed by atoms with van der Waals surface area (Å²) in [6.07, 6.45) is 7.75. The van der Waals surface area contributed by atoms with E-state index < -0.39 is 5.60 Å². The van der Waals surface area contributed by atoms with Gasteiger partial charge in [-0.2, -0.15) is 5.10 Å². The number of morpholine rings is 1. The quantitative estimate of drug-likeness (QED) is 0.790. The van der Waals surface area contributed by atoms with E-state index in [-0.39, 0.29) is 5.91 Å². The van der Waals surface area contributed by atoms with E-state index in [4.69, 9.17) is 9.47 Å². The Hall–Kier alpha value is -2.03. The van der Waals surface area contributed by atoms with Crippen molar-refractivity contribution in [2.45, 2.75) is 18.4 Å². The molecule has 0 aromatic carbocycles. The van der Waals surface area contributed by atoms with Crippen molar-refractivity contribution in [1.82, 2.24) is 24.4 Å². The zero-order valence-electron chi connectivity index (χ0n) is 15.4. The highest BCUT2D eigenvalue weighted by Crippen LogP contribution is 2.31. The Morgan fingerprint density at radius 3 is 3.07 bits per heavy atom. The molecule has 2 saturated heterocycles. The van der Waals surface area contributed by atoms with Gasteiger partial charge in [-0.25, -0.2) is 9.50 Å². The van der Waals surface area contributed by atoms with Gasteiger partial charge in [0.1, 0.15) is 11.2 Å². The molecular weight excluding hydrogens is 346 g/mol. The second kappa shape index (κ2) is 6.85. The lowest BCUT2D eigenvalue weighted by Gasteiger charge is -2.43. The van der Waals surface area contributed by atoms with Gasteiger partial charge >= 0.3 is 0 Å². The molecule has 27 heavy (non-hydrogen) atoms. The molecule has 1 atom stereocenters. The molecule has 0 radical (unpaired) electrons. The Morgan fingerprint density at radius 2 is 2.19 bits per heavy atom. The van der Waals surface area contributed by atoms with Gasteiger partial charge in [0.2, 0.25) is 0 Å². The van der Waals surface area contributed by atoms with Gasteiger partial charge in [0.05, 0.1) is 32.6 Å². The summed E-state index contributed by atoms with van der Waals surface area (Å²) in [5.41, 5.74) is 0.683. The van der Waals surface area contributed by atoms with E-state index in [0.717, 1.165) is 32.2 Å². The summed E-state index contributed by atoms with van der Waals surface area (Å²) in [5, 5.41) is 4.25. The maximum absolute atomic E-state index is 13.2. The third-order valence-corrected chi connectivity index (χ3v) is 5.69. The number of ether oxygens (including phenoxy) is 2. The SMILES string of the molecule is O=C(c1cnn2cccnc12)N1CCO[C@@]2(COCCN(CC3CC3)C2)C1. The average molecular weight is 371 g/mol. The molecule has 2 aliphatic heterocycles. The predicted molar refractivity (Wildman–Crippen MR) is 97.6 cm³/mol. The van der Waals surface area contributed by atoms with Gasteiger partial charge in [0.15, 0.2) is 5.65 Å². The van der Waals surface area contributed by atoms with E-state index in [1.165, 1.54) is 12.8 Å². The Morgan fingerprint density at radius 1 is 1.26 bits per heavy atom. The fourth-order valence-corrected chi connectivity index (χ4v) is 4.16. The average Bonchev–Trinajstić information content (AvgIpc) is 3.43. The first-order valence-electron chi connectivity index (χ1n) is 9.74. The fourth-order valence-electron chi connectivity index (χ4n) is 4.16. The van der Waals surface area contributed by atoms with Crippen molar-refractivity contribution in [2.24, 2.45) is 5.92 Å². The van der Waals surface area contributed by atoms with Gasteiger partial charge in [-0.05, 0) is 24.8 Å². The predicted octanol–water partition coefficient (Wildman–Crippen LogP) is 0.683. The van der Waals surface area contributed by atoms with Crippen molar-refractivity contribution in [1.29, 1.82) is 0 Å². The highest BCUT2D eigenvalue weighted by Gasteiger charge is 2.42. The maximum atomic E-state index is 13.2. The van der Waals surface area contributed by atoms with Gasteiger partial charge in [-0.1, -0.05) is 0 Å². The molecule has 144 valence electrons. The number of aromatic nitrogens is 3. The lowest BCUT2D eigenvalue weighted by Crippen LogP contribution is -2.60. The summed E-state index contributed by atoms with van der Waals surface area (Å²) < 4.78 is 13.7. The first kappa shape index (κ1) is 17.1. The molecule has 0 unspecified atom stereocenters. The Bertz CT molecular complexity index is 836. The van der Waals surface area contributed by atoms with Crippen LogP contribution in [0.5, 0.6) is 0 Å². The van der Waals surface area contributed by atoms with E-state index in [0.29, 0.717) is 37.5 Å². The van der Waals surface area contributed by atoms with Gasteiger partial charge in [-0.3, -0.25) is 9.69 Å². The van der Waals surface area contributed by atoms with Gasteiger partial charge < -0.3 is 14.4 Å². The van der Waals surface area contributed by atoms with Crippen LogP contribution < -0.4 is 0 Å². The molecule has 0 N–H and O–H groups in total. The lowest BCUT2D eigenvalue weighted by molar-refractivity contribution is -0.133. The van der Waals surface area contributed by atoms with Crippen LogP contribution in [0.3, 0.4) is 0 Å². The zero-order chi connectivity index (χ0) is 18.3. The molecule has 5 rings (SSSR count). The first-order valence-corrected chi connectivity index (χ1v) is 9.74. The number of amides is 1. The lowest BCUT2D eigenvalue weighted by atomic mass is 10.0. The van der Waals surface area contributed by atoms with Crippen LogP contribution in [0.25, 0.3) is 5.65 Å². The summed E-state index contributed by atoms with van der Waals surface area (Å²) in [4.78, 5) is 21.8. The minimum absolute atomic E-state index is 0.0376. The van der Waals surface area contributed by atoms with Crippen molar-refractivity contribution in [2.75, 3.05) is 52.5 Å². The van der Waals surface area contributed by atoms with Crippen molar-refractivity contribution in [3.8, 4) is 0 Å². The van der Waals surface area contributed by atoms with E-state index in [2.05, 4.69) is 15.0 Å². The summed E-state index contributed by atoms with van der Waals surface area (Å²) >= 11 is 0. The van der Waals surface area contributed by atoms with Crippen LogP contribution in [0, 0.1) is 5.92 Å². The van der Waals surface area contributed by atoms with Crippen molar-refractivity contribution in [3.63, 3.8) is 0 Å². The largest absolute Gasteiger partial charge is 0.377 e. The Labute approximate surface area is 158 Å². The molecule has 1 aliphatic carbocycles. The van der Waals surface area contributed by atoms with Crippen molar-refractivity contribution < 1.29 is 14.3 Å². The molecule has 4 heterocycles. The molecule has 2 aromatic heterocycles. The Balaban J connectivity index is 1.35. The fraction of sp³-hybridized carbons (Fsp3) is 0.632. The summed E-state index contributed by atoms with van der Waals surface area (Å²) in [5.74, 6) is 0.788. The van der Waals surface area contributed by atoms with E-state index >= 15 is 0 Å². The van der Waals surface area contributed by atoms with Crippen LogP contribution in [0.2, 0.25) is 0 Å². The van der Waals surface area contributed by atoms with Crippen LogP contribution in [0.4, 0.5) is 0 Å². The summed E-state index contributed by atoms with van der Waals surface area (Å²) in [7, 11) is 0. The number of hydrogen-bond acceptors (Lipinski definition) is 6. The topological polar surface area (TPSA) is 72.2 Å². The van der Waals surface area contributed by atoms with Crippen LogP contribution in [-0.4, -0.2) is 88.5 Å². The van der Waals surface area contributed by atoms with E-state index in [1.807, 2.05) is 4.90 Å². The second-order valence-corrected chi connectivity index (χ2v) is 7.94. The molecule has 2 aromatic rings. The number of carbonyl (C=O) groups excluding carboxylic acids is 1. The maximum Gasteiger partial charge on any atom is 0.259 e. The third-order valence-electron chi connectivity index (χ3n) is 5.69. The molecule has 3 fully saturated rings. The molecule has 8 heteroatoms. The van der Waals surface area contributed by atoms with Gasteiger partial charge in [0, 0.05) is 38.6 Å². The van der Waals surface area contributed by atoms with E-state index in [1.54, 1.807) is 29.2 Å².